The fourth-order valence-electron chi connectivity index (χ4n) is 2.30. The summed E-state index contributed by atoms with van der Waals surface area (Å²) in [7, 11) is 0. The Morgan fingerprint density at radius 3 is 2.75 bits per heavy atom. The molecule has 2 aromatic carbocycles. The highest BCUT2D eigenvalue weighted by Crippen LogP contribution is 2.35. The first-order valence-corrected chi connectivity index (χ1v) is 7.65. The van der Waals surface area contributed by atoms with Gasteiger partial charge < -0.3 is 24.6 Å². The molecule has 6 nitrogen and oxygen atoms in total. The zero-order chi connectivity index (χ0) is 16.8. The van der Waals surface area contributed by atoms with Gasteiger partial charge in [0.2, 0.25) is 6.79 Å². The van der Waals surface area contributed by atoms with Crippen LogP contribution in [0.3, 0.4) is 0 Å². The van der Waals surface area contributed by atoms with Crippen LogP contribution in [0.5, 0.6) is 17.2 Å². The number of benzene rings is 2. The van der Waals surface area contributed by atoms with Crippen molar-refractivity contribution in [2.24, 2.45) is 0 Å². The Kier molecular flexibility index (Phi) is 5.16. The third-order valence-corrected chi connectivity index (χ3v) is 3.58. The number of hydrogen-bond donors (Lipinski definition) is 2. The number of fused-ring (bicyclic) bond motifs is 1. The van der Waals surface area contributed by atoms with Gasteiger partial charge in [0.25, 0.3) is 0 Å². The molecule has 0 spiro atoms. The second-order valence-corrected chi connectivity index (χ2v) is 5.42. The zero-order valence-corrected chi connectivity index (χ0v) is 13.1. The molecular weight excluding hydrogens is 308 g/mol. The van der Waals surface area contributed by atoms with Crippen LogP contribution in [-0.4, -0.2) is 31.2 Å². The maximum atomic E-state index is 9.98. The van der Waals surface area contributed by atoms with E-state index in [1.54, 1.807) is 30.3 Å². The molecule has 2 aromatic rings. The van der Waals surface area contributed by atoms with Gasteiger partial charge in [-0.25, -0.2) is 0 Å². The summed E-state index contributed by atoms with van der Waals surface area (Å²) in [5.41, 5.74) is 1.69. The number of aliphatic hydroxyl groups is 1. The Bertz CT molecular complexity index is 725. The van der Waals surface area contributed by atoms with Gasteiger partial charge in [-0.1, -0.05) is 12.1 Å². The quantitative estimate of drug-likeness (QED) is 0.807. The van der Waals surface area contributed by atoms with E-state index >= 15 is 0 Å². The normalized spacial score (nSPS) is 13.3. The topological polar surface area (TPSA) is 83.7 Å². The van der Waals surface area contributed by atoms with E-state index in [0.29, 0.717) is 35.9 Å². The highest BCUT2D eigenvalue weighted by Gasteiger charge is 2.14. The summed E-state index contributed by atoms with van der Waals surface area (Å²) in [6, 6.07) is 14.7. The van der Waals surface area contributed by atoms with Crippen LogP contribution in [0.2, 0.25) is 0 Å². The SMILES string of the molecule is N#Cc1ccc(CNC[C@H](O)COc2ccc3c(c2)OCO3)cc1. The maximum Gasteiger partial charge on any atom is 0.231 e. The van der Waals surface area contributed by atoms with Crippen molar-refractivity contribution in [3.05, 3.63) is 53.6 Å². The Labute approximate surface area is 140 Å². The number of ether oxygens (including phenoxy) is 3. The third kappa shape index (κ3) is 4.16. The smallest absolute Gasteiger partial charge is 0.231 e. The van der Waals surface area contributed by atoms with Crippen LogP contribution >= 0.6 is 0 Å². The fourth-order valence-corrected chi connectivity index (χ4v) is 2.30. The van der Waals surface area contributed by atoms with Crippen molar-refractivity contribution in [3.63, 3.8) is 0 Å². The molecule has 6 heteroatoms. The van der Waals surface area contributed by atoms with Gasteiger partial charge in [0.05, 0.1) is 11.6 Å². The predicted octanol–water partition coefficient (Wildman–Crippen LogP) is 1.82. The first-order valence-electron chi connectivity index (χ1n) is 7.65. The molecule has 1 aliphatic heterocycles. The minimum Gasteiger partial charge on any atom is -0.491 e. The lowest BCUT2D eigenvalue weighted by Gasteiger charge is -2.13. The van der Waals surface area contributed by atoms with Gasteiger partial charge in [0.15, 0.2) is 11.5 Å². The molecule has 0 saturated carbocycles. The van der Waals surface area contributed by atoms with Crippen molar-refractivity contribution < 1.29 is 19.3 Å². The lowest BCUT2D eigenvalue weighted by molar-refractivity contribution is 0.106. The van der Waals surface area contributed by atoms with E-state index in [1.165, 1.54) is 0 Å². The Morgan fingerprint density at radius 2 is 1.96 bits per heavy atom. The summed E-state index contributed by atoms with van der Waals surface area (Å²) in [6.45, 7) is 1.43. The van der Waals surface area contributed by atoms with E-state index in [2.05, 4.69) is 11.4 Å². The minimum absolute atomic E-state index is 0.181. The van der Waals surface area contributed by atoms with Crippen LogP contribution in [0.4, 0.5) is 0 Å². The number of hydrogen-bond acceptors (Lipinski definition) is 6. The van der Waals surface area contributed by atoms with Crippen molar-refractivity contribution in [3.8, 4) is 23.3 Å². The molecule has 1 aliphatic rings. The molecule has 1 heterocycles. The lowest BCUT2D eigenvalue weighted by Crippen LogP contribution is -2.31. The number of nitriles is 1. The monoisotopic (exact) mass is 326 g/mol. The molecule has 0 saturated heterocycles. The number of rotatable bonds is 7. The lowest BCUT2D eigenvalue weighted by atomic mass is 10.1. The summed E-state index contributed by atoms with van der Waals surface area (Å²) in [6.07, 6.45) is -0.631. The van der Waals surface area contributed by atoms with Crippen LogP contribution in [0.25, 0.3) is 0 Å². The zero-order valence-electron chi connectivity index (χ0n) is 13.1. The first kappa shape index (κ1) is 16.1. The van der Waals surface area contributed by atoms with Crippen LogP contribution < -0.4 is 19.5 Å². The maximum absolute atomic E-state index is 9.98. The summed E-state index contributed by atoms with van der Waals surface area (Å²) < 4.78 is 16.1. The molecule has 0 fully saturated rings. The molecule has 0 bridgehead atoms. The van der Waals surface area contributed by atoms with Gasteiger partial charge in [0, 0.05) is 19.2 Å². The molecule has 0 amide bonds. The largest absolute Gasteiger partial charge is 0.491 e. The average molecular weight is 326 g/mol. The molecule has 124 valence electrons. The first-order chi connectivity index (χ1) is 11.7. The van der Waals surface area contributed by atoms with Crippen LogP contribution in [0.15, 0.2) is 42.5 Å². The minimum atomic E-state index is -0.631. The van der Waals surface area contributed by atoms with E-state index in [-0.39, 0.29) is 13.4 Å². The predicted molar refractivity (Wildman–Crippen MR) is 86.9 cm³/mol. The summed E-state index contributed by atoms with van der Waals surface area (Å²) in [4.78, 5) is 0. The molecule has 0 aromatic heterocycles. The molecule has 24 heavy (non-hydrogen) atoms. The average Bonchev–Trinajstić information content (AvgIpc) is 3.08. The van der Waals surface area contributed by atoms with Gasteiger partial charge in [-0.2, -0.15) is 5.26 Å². The highest BCUT2D eigenvalue weighted by molar-refractivity contribution is 5.46. The Hall–Kier alpha value is -2.75. The molecule has 0 unspecified atom stereocenters. The molecule has 0 aliphatic carbocycles. The molecular formula is C18H18N2O4. The molecule has 3 rings (SSSR count). The third-order valence-electron chi connectivity index (χ3n) is 3.58. The standard InChI is InChI=1S/C18H18N2O4/c19-8-13-1-3-14(4-2-13)9-20-10-15(21)11-22-16-5-6-17-18(7-16)24-12-23-17/h1-7,15,20-21H,9-12H2/t15-/m0/s1. The van der Waals surface area contributed by atoms with E-state index < -0.39 is 6.10 Å². The number of nitrogens with one attached hydrogen (secondary N) is 1. The van der Waals surface area contributed by atoms with Crippen LogP contribution in [-0.2, 0) is 6.54 Å². The van der Waals surface area contributed by atoms with Gasteiger partial charge >= 0.3 is 0 Å². The van der Waals surface area contributed by atoms with Crippen LogP contribution in [0.1, 0.15) is 11.1 Å². The fraction of sp³-hybridized carbons (Fsp3) is 0.278. The number of nitrogens with zero attached hydrogens (tertiary/aromatic N) is 1. The molecule has 1 atom stereocenters. The summed E-state index contributed by atoms with van der Waals surface area (Å²) >= 11 is 0. The second-order valence-electron chi connectivity index (χ2n) is 5.42. The van der Waals surface area contributed by atoms with E-state index in [4.69, 9.17) is 19.5 Å². The van der Waals surface area contributed by atoms with Crippen molar-refractivity contribution in [1.29, 1.82) is 5.26 Å². The van der Waals surface area contributed by atoms with E-state index in [0.717, 1.165) is 5.56 Å². The van der Waals surface area contributed by atoms with Gasteiger partial charge in [0.1, 0.15) is 18.5 Å². The summed E-state index contributed by atoms with van der Waals surface area (Å²) in [5, 5.41) is 21.9. The van der Waals surface area contributed by atoms with Gasteiger partial charge in [-0.3, -0.25) is 0 Å². The van der Waals surface area contributed by atoms with E-state index in [9.17, 15) is 5.11 Å². The van der Waals surface area contributed by atoms with Crippen molar-refractivity contribution >= 4 is 0 Å². The van der Waals surface area contributed by atoms with Crippen molar-refractivity contribution in [1.82, 2.24) is 5.32 Å². The second kappa shape index (κ2) is 7.68. The van der Waals surface area contributed by atoms with Gasteiger partial charge in [-0.05, 0) is 29.8 Å². The molecule has 2 N–H and O–H groups in total. The Morgan fingerprint density at radius 1 is 1.17 bits per heavy atom. The Balaban J connectivity index is 1.39. The van der Waals surface area contributed by atoms with Crippen LogP contribution in [0, 0.1) is 11.3 Å². The van der Waals surface area contributed by atoms with Crippen molar-refractivity contribution in [2.75, 3.05) is 19.9 Å². The molecule has 0 radical (unpaired) electrons. The highest BCUT2D eigenvalue weighted by atomic mass is 16.7. The van der Waals surface area contributed by atoms with Gasteiger partial charge in [-0.15, -0.1) is 0 Å². The van der Waals surface area contributed by atoms with E-state index in [1.807, 2.05) is 12.1 Å². The summed E-state index contributed by atoms with van der Waals surface area (Å²) in [5.74, 6) is 1.98. The van der Waals surface area contributed by atoms with Crippen molar-refractivity contribution in [2.45, 2.75) is 12.6 Å². The number of aliphatic hydroxyl groups excluding tert-OH is 1.